The number of furan rings is 1. The lowest BCUT2D eigenvalue weighted by Gasteiger charge is -2.29. The average Bonchev–Trinajstić information content (AvgIpc) is 3.83. The van der Waals surface area contributed by atoms with Gasteiger partial charge in [0.25, 0.3) is 0 Å². The zero-order valence-corrected chi connectivity index (χ0v) is 29.7. The molecule has 0 N–H and O–H groups in total. The molecule has 0 saturated carbocycles. The molecule has 52 heavy (non-hydrogen) atoms. The van der Waals surface area contributed by atoms with Gasteiger partial charge in [-0.1, -0.05) is 135 Å². The maximum absolute atomic E-state index is 6.73. The van der Waals surface area contributed by atoms with Crippen LogP contribution in [0.2, 0.25) is 0 Å². The third-order valence-corrected chi connectivity index (χ3v) is 12.4. The highest BCUT2D eigenvalue weighted by atomic mass is 32.1. The van der Waals surface area contributed by atoms with Crippen molar-refractivity contribution in [1.29, 1.82) is 0 Å². The van der Waals surface area contributed by atoms with E-state index < -0.39 is 0 Å². The Morgan fingerprint density at radius 2 is 1.13 bits per heavy atom. The van der Waals surface area contributed by atoms with E-state index >= 15 is 0 Å². The number of anilines is 3. The quantitative estimate of drug-likeness (QED) is 0.184. The van der Waals surface area contributed by atoms with Crippen LogP contribution in [0, 0.1) is 0 Å². The summed E-state index contributed by atoms with van der Waals surface area (Å²) in [5, 5.41) is 7.24. The number of fused-ring (bicyclic) bond motifs is 11. The summed E-state index contributed by atoms with van der Waals surface area (Å²) in [6.07, 6.45) is 0. The van der Waals surface area contributed by atoms with Crippen molar-refractivity contribution in [2.75, 3.05) is 4.90 Å². The van der Waals surface area contributed by atoms with Crippen molar-refractivity contribution >= 4 is 81.3 Å². The molecule has 0 radical (unpaired) electrons. The van der Waals surface area contributed by atoms with Crippen LogP contribution in [0.1, 0.15) is 25.0 Å². The first kappa shape index (κ1) is 29.6. The summed E-state index contributed by atoms with van der Waals surface area (Å²) in [6, 6.07) is 59.9. The lowest BCUT2D eigenvalue weighted by atomic mass is 9.82. The zero-order valence-electron chi connectivity index (χ0n) is 28.9. The molecule has 0 amide bonds. The van der Waals surface area contributed by atoms with Gasteiger partial charge >= 0.3 is 0 Å². The van der Waals surface area contributed by atoms with E-state index in [0.29, 0.717) is 0 Å². The van der Waals surface area contributed by atoms with Crippen molar-refractivity contribution in [2.24, 2.45) is 0 Å². The third-order valence-electron chi connectivity index (χ3n) is 11.3. The van der Waals surface area contributed by atoms with Crippen LogP contribution in [0.3, 0.4) is 0 Å². The average molecular weight is 684 g/mol. The minimum Gasteiger partial charge on any atom is -0.455 e. The maximum Gasteiger partial charge on any atom is 0.143 e. The van der Waals surface area contributed by atoms with E-state index in [1.165, 1.54) is 53.5 Å². The van der Waals surface area contributed by atoms with Crippen molar-refractivity contribution in [3.8, 4) is 22.3 Å². The van der Waals surface area contributed by atoms with Crippen LogP contribution in [-0.2, 0) is 5.41 Å². The largest absolute Gasteiger partial charge is 0.455 e. The Labute approximate surface area is 305 Å². The number of nitrogens with zero attached hydrogens (tertiary/aromatic N) is 1. The Balaban J connectivity index is 1.10. The summed E-state index contributed by atoms with van der Waals surface area (Å²) in [6.45, 7) is 4.70. The fraction of sp³-hybridized carbons (Fsp3) is 0.0612. The first-order valence-corrected chi connectivity index (χ1v) is 18.7. The number of hydrogen-bond donors (Lipinski definition) is 0. The van der Waals surface area contributed by atoms with Crippen molar-refractivity contribution in [3.05, 3.63) is 175 Å². The second kappa shape index (κ2) is 10.9. The standard InChI is InChI=1S/C49H33NOS/c1-49(2)41-17-7-5-14-40(41)46-42(49)18-10-19-43(46)50(33-26-28-37-36-13-6-8-20-44(36)52-45(37)29-33)32-24-21-31(22-25-32)35-15-9-16-38-39-27-23-30-11-3-4-12-34(30)48(39)51-47(35)38/h3-29H,1-2H3. The van der Waals surface area contributed by atoms with Crippen LogP contribution >= 0.6 is 11.3 Å². The molecule has 1 aliphatic carbocycles. The van der Waals surface area contributed by atoms with E-state index in [4.69, 9.17) is 4.42 Å². The van der Waals surface area contributed by atoms with Crippen LogP contribution < -0.4 is 4.90 Å². The minimum atomic E-state index is -0.0938. The number of rotatable bonds is 4. The van der Waals surface area contributed by atoms with E-state index in [1.807, 2.05) is 11.3 Å². The molecule has 2 heterocycles. The lowest BCUT2D eigenvalue weighted by molar-refractivity contribution is 0.660. The zero-order chi connectivity index (χ0) is 34.6. The van der Waals surface area contributed by atoms with Gasteiger partial charge in [0.2, 0.25) is 0 Å². The van der Waals surface area contributed by atoms with E-state index in [1.54, 1.807) is 0 Å². The molecule has 1 aliphatic rings. The smallest absolute Gasteiger partial charge is 0.143 e. The van der Waals surface area contributed by atoms with Gasteiger partial charge in [-0.2, -0.15) is 0 Å². The molecule has 0 spiro atoms. The van der Waals surface area contributed by atoms with Gasteiger partial charge in [0.15, 0.2) is 0 Å². The van der Waals surface area contributed by atoms with E-state index in [9.17, 15) is 0 Å². The van der Waals surface area contributed by atoms with Gasteiger partial charge in [-0.25, -0.2) is 0 Å². The highest BCUT2D eigenvalue weighted by Crippen LogP contribution is 2.54. The topological polar surface area (TPSA) is 16.4 Å². The molecule has 0 unspecified atom stereocenters. The summed E-state index contributed by atoms with van der Waals surface area (Å²) in [5.74, 6) is 0. The highest BCUT2D eigenvalue weighted by molar-refractivity contribution is 7.25. The summed E-state index contributed by atoms with van der Waals surface area (Å²) in [7, 11) is 0. The van der Waals surface area contributed by atoms with Crippen LogP contribution in [0.5, 0.6) is 0 Å². The van der Waals surface area contributed by atoms with Crippen molar-refractivity contribution < 1.29 is 4.42 Å². The predicted molar refractivity (Wildman–Crippen MR) is 222 cm³/mol. The second-order valence-corrected chi connectivity index (χ2v) is 15.6. The molecule has 2 aromatic heterocycles. The monoisotopic (exact) mass is 683 g/mol. The fourth-order valence-corrected chi connectivity index (χ4v) is 9.89. The van der Waals surface area contributed by atoms with Gasteiger partial charge in [-0.15, -0.1) is 11.3 Å². The van der Waals surface area contributed by atoms with Crippen LogP contribution in [0.15, 0.2) is 168 Å². The van der Waals surface area contributed by atoms with E-state index in [2.05, 4.69) is 183 Å². The van der Waals surface area contributed by atoms with E-state index in [-0.39, 0.29) is 5.41 Å². The summed E-state index contributed by atoms with van der Waals surface area (Å²) >= 11 is 1.86. The molecule has 0 fully saturated rings. The van der Waals surface area contributed by atoms with Gasteiger partial charge in [-0.3, -0.25) is 0 Å². The molecule has 0 saturated heterocycles. The first-order chi connectivity index (χ1) is 25.5. The molecule has 11 rings (SSSR count). The Kier molecular flexibility index (Phi) is 6.21. The Hall–Kier alpha value is -6.16. The van der Waals surface area contributed by atoms with Crippen LogP contribution in [0.25, 0.3) is 75.1 Å². The lowest BCUT2D eigenvalue weighted by Crippen LogP contribution is -2.16. The van der Waals surface area contributed by atoms with Gasteiger partial charge in [-0.05, 0) is 70.1 Å². The summed E-state index contributed by atoms with van der Waals surface area (Å²) in [4.78, 5) is 2.46. The second-order valence-electron chi connectivity index (χ2n) is 14.5. The molecule has 8 aromatic carbocycles. The Morgan fingerprint density at radius 1 is 0.481 bits per heavy atom. The maximum atomic E-state index is 6.73. The number of benzene rings is 8. The SMILES string of the molecule is CC1(C)c2ccccc2-c2c(N(c3ccc(-c4cccc5c4oc4c6ccccc6ccc54)cc3)c3ccc4c(c3)sc3ccccc34)cccc21. The Bertz CT molecular complexity index is 3050. The number of thiophene rings is 1. The third kappa shape index (κ3) is 4.17. The van der Waals surface area contributed by atoms with Gasteiger partial charge in [0.1, 0.15) is 11.2 Å². The van der Waals surface area contributed by atoms with Gasteiger partial charge in [0, 0.05) is 64.2 Å². The molecule has 0 aliphatic heterocycles. The molecule has 2 nitrogen and oxygen atoms in total. The van der Waals surface area contributed by atoms with Crippen molar-refractivity contribution in [2.45, 2.75) is 19.3 Å². The summed E-state index contributed by atoms with van der Waals surface area (Å²) in [5.41, 5.74) is 12.8. The van der Waals surface area contributed by atoms with Crippen LogP contribution in [0.4, 0.5) is 17.1 Å². The van der Waals surface area contributed by atoms with Crippen molar-refractivity contribution in [1.82, 2.24) is 0 Å². The molecule has 10 aromatic rings. The van der Waals surface area contributed by atoms with Gasteiger partial charge < -0.3 is 9.32 Å². The van der Waals surface area contributed by atoms with Crippen LogP contribution in [-0.4, -0.2) is 0 Å². The van der Waals surface area contributed by atoms with Gasteiger partial charge in [0.05, 0.1) is 5.69 Å². The fourth-order valence-electron chi connectivity index (χ4n) is 8.75. The normalized spacial score (nSPS) is 13.3. The first-order valence-electron chi connectivity index (χ1n) is 17.9. The Morgan fingerprint density at radius 3 is 2.04 bits per heavy atom. The van der Waals surface area contributed by atoms with E-state index in [0.717, 1.165) is 49.8 Å². The minimum absolute atomic E-state index is 0.0938. The number of para-hydroxylation sites is 1. The molecule has 246 valence electrons. The molecule has 3 heteroatoms. The molecule has 0 bridgehead atoms. The predicted octanol–water partition coefficient (Wildman–Crippen LogP) is 14.6. The molecular formula is C49H33NOS. The number of hydrogen-bond acceptors (Lipinski definition) is 3. The summed E-state index contributed by atoms with van der Waals surface area (Å²) < 4.78 is 9.33. The molecule has 0 atom stereocenters. The molecular weight excluding hydrogens is 651 g/mol. The highest BCUT2D eigenvalue weighted by Gasteiger charge is 2.37. The van der Waals surface area contributed by atoms with Crippen molar-refractivity contribution in [3.63, 3.8) is 0 Å².